The Hall–Kier alpha value is -3.49. The zero-order valence-electron chi connectivity index (χ0n) is 17.5. The Balaban J connectivity index is 1.57. The molecule has 0 aliphatic carbocycles. The number of aryl methyl sites for hydroxylation is 1. The number of rotatable bonds is 7. The number of benzene rings is 2. The molecular weight excluding hydrogens is 444 g/mol. The number of anilines is 1. The minimum absolute atomic E-state index is 0.246. The van der Waals surface area contributed by atoms with E-state index in [-0.39, 0.29) is 12.5 Å². The molecule has 0 saturated heterocycles. The molecule has 0 radical (unpaired) electrons. The van der Waals surface area contributed by atoms with Crippen LogP contribution in [-0.4, -0.2) is 23.5 Å². The van der Waals surface area contributed by atoms with E-state index in [1.807, 2.05) is 41.9 Å². The first kappa shape index (κ1) is 21.7. The van der Waals surface area contributed by atoms with Gasteiger partial charge in [0.2, 0.25) is 0 Å². The van der Waals surface area contributed by atoms with Gasteiger partial charge >= 0.3 is 5.97 Å². The number of amides is 1. The van der Waals surface area contributed by atoms with Crippen LogP contribution >= 0.6 is 22.7 Å². The molecule has 0 saturated carbocycles. The molecule has 0 aliphatic heterocycles. The van der Waals surface area contributed by atoms with Crippen LogP contribution < -0.4 is 10.1 Å². The number of hydrogen-bond acceptors (Lipinski definition) is 7. The van der Waals surface area contributed by atoms with Crippen LogP contribution in [-0.2, 0) is 4.74 Å². The molecule has 0 atom stereocenters. The van der Waals surface area contributed by atoms with Gasteiger partial charge in [-0.1, -0.05) is 41.2 Å². The first-order valence-electron chi connectivity index (χ1n) is 9.89. The summed E-state index contributed by atoms with van der Waals surface area (Å²) < 4.78 is 10.9. The molecule has 4 aromatic rings. The van der Waals surface area contributed by atoms with Gasteiger partial charge < -0.3 is 14.8 Å². The summed E-state index contributed by atoms with van der Waals surface area (Å²) in [6, 6.07) is 14.6. The van der Waals surface area contributed by atoms with Crippen molar-refractivity contribution in [2.24, 2.45) is 0 Å². The van der Waals surface area contributed by atoms with Crippen molar-refractivity contribution in [3.05, 3.63) is 82.2 Å². The fraction of sp³-hybridized carbons (Fsp3) is 0.125. The van der Waals surface area contributed by atoms with E-state index in [0.717, 1.165) is 16.7 Å². The average Bonchev–Trinajstić information content (AvgIpc) is 3.45. The first-order chi connectivity index (χ1) is 15.5. The van der Waals surface area contributed by atoms with Crippen LogP contribution in [0.25, 0.3) is 11.1 Å². The van der Waals surface area contributed by atoms with Crippen molar-refractivity contribution in [2.75, 3.05) is 11.9 Å². The van der Waals surface area contributed by atoms with Crippen molar-refractivity contribution in [3.8, 4) is 22.1 Å². The number of hydrogen-bond donors (Lipinski definition) is 1. The second kappa shape index (κ2) is 9.76. The molecule has 2 aromatic carbocycles. The highest BCUT2D eigenvalue weighted by Crippen LogP contribution is 2.36. The molecule has 2 aromatic heterocycles. The summed E-state index contributed by atoms with van der Waals surface area (Å²) in [5.41, 5.74) is 3.54. The van der Waals surface area contributed by atoms with Crippen molar-refractivity contribution in [1.29, 1.82) is 0 Å². The number of thiophene rings is 1. The molecule has 6 nitrogen and oxygen atoms in total. The van der Waals surface area contributed by atoms with Crippen LogP contribution in [0.3, 0.4) is 0 Å². The Morgan fingerprint density at radius 1 is 1.03 bits per heavy atom. The summed E-state index contributed by atoms with van der Waals surface area (Å²) >= 11 is 2.68. The predicted octanol–water partition coefficient (Wildman–Crippen LogP) is 6.40. The fourth-order valence-electron chi connectivity index (χ4n) is 3.01. The van der Waals surface area contributed by atoms with Crippen molar-refractivity contribution < 1.29 is 19.1 Å². The maximum atomic E-state index is 12.9. The van der Waals surface area contributed by atoms with Crippen LogP contribution in [0.4, 0.5) is 5.00 Å². The minimum atomic E-state index is -0.466. The zero-order valence-corrected chi connectivity index (χ0v) is 19.1. The molecule has 32 heavy (non-hydrogen) atoms. The van der Waals surface area contributed by atoms with E-state index in [2.05, 4.69) is 10.3 Å². The third kappa shape index (κ3) is 4.87. The van der Waals surface area contributed by atoms with Gasteiger partial charge in [-0.25, -0.2) is 9.78 Å². The summed E-state index contributed by atoms with van der Waals surface area (Å²) in [6.45, 7) is 4.00. The largest absolute Gasteiger partial charge is 0.462 e. The van der Waals surface area contributed by atoms with Gasteiger partial charge in [-0.15, -0.1) is 11.3 Å². The van der Waals surface area contributed by atoms with Crippen molar-refractivity contribution in [3.63, 3.8) is 0 Å². The van der Waals surface area contributed by atoms with E-state index in [0.29, 0.717) is 27.1 Å². The van der Waals surface area contributed by atoms with Gasteiger partial charge in [-0.3, -0.25) is 4.79 Å². The van der Waals surface area contributed by atoms with Crippen LogP contribution in [0.1, 0.15) is 33.2 Å². The second-order valence-electron chi connectivity index (χ2n) is 6.82. The van der Waals surface area contributed by atoms with E-state index in [1.54, 1.807) is 37.4 Å². The molecule has 8 heteroatoms. The Morgan fingerprint density at radius 2 is 1.78 bits per heavy atom. The van der Waals surface area contributed by atoms with Gasteiger partial charge in [-0.05, 0) is 43.7 Å². The third-order valence-electron chi connectivity index (χ3n) is 4.59. The van der Waals surface area contributed by atoms with Crippen LogP contribution in [0.15, 0.2) is 65.5 Å². The van der Waals surface area contributed by atoms with E-state index < -0.39 is 5.97 Å². The molecule has 0 spiro atoms. The lowest BCUT2D eigenvalue weighted by Gasteiger charge is -2.09. The van der Waals surface area contributed by atoms with Gasteiger partial charge in [0.05, 0.1) is 6.61 Å². The number of ether oxygens (including phenoxy) is 2. The number of thiazole rings is 1. The molecule has 4 rings (SSSR count). The standard InChI is InChI=1S/C24H20N2O4S2/c1-3-29-23(28)20-19(16-6-4-15(2)5-7-16)14-32-22(20)26-21(27)17-8-10-18(11-9-17)30-24-25-12-13-31-24/h4-14H,3H2,1-2H3,(H,26,27). The Morgan fingerprint density at radius 3 is 2.44 bits per heavy atom. The van der Waals surface area contributed by atoms with Gasteiger partial charge in [0.1, 0.15) is 16.3 Å². The smallest absolute Gasteiger partial charge is 0.341 e. The van der Waals surface area contributed by atoms with E-state index >= 15 is 0 Å². The molecule has 0 bridgehead atoms. The maximum Gasteiger partial charge on any atom is 0.341 e. The number of carbonyl (C=O) groups is 2. The number of carbonyl (C=O) groups excluding carboxylic acids is 2. The number of nitrogens with zero attached hydrogens (tertiary/aromatic N) is 1. The van der Waals surface area contributed by atoms with Gasteiger partial charge in [0.15, 0.2) is 0 Å². The van der Waals surface area contributed by atoms with Crippen molar-refractivity contribution >= 4 is 39.6 Å². The van der Waals surface area contributed by atoms with Gasteiger partial charge in [0, 0.05) is 28.1 Å². The number of aromatic nitrogens is 1. The molecule has 162 valence electrons. The lowest BCUT2D eigenvalue weighted by atomic mass is 10.0. The maximum absolute atomic E-state index is 12.9. The van der Waals surface area contributed by atoms with E-state index in [9.17, 15) is 9.59 Å². The molecule has 0 fully saturated rings. The number of esters is 1. The second-order valence-corrected chi connectivity index (χ2v) is 8.56. The lowest BCUT2D eigenvalue weighted by molar-refractivity contribution is 0.0529. The van der Waals surface area contributed by atoms with E-state index in [1.165, 1.54) is 22.7 Å². The zero-order chi connectivity index (χ0) is 22.5. The molecule has 1 N–H and O–H groups in total. The summed E-state index contributed by atoms with van der Waals surface area (Å²) in [7, 11) is 0. The SMILES string of the molecule is CCOC(=O)c1c(-c2ccc(C)cc2)csc1NC(=O)c1ccc(Oc2nccs2)cc1. The highest BCUT2D eigenvalue weighted by Gasteiger charge is 2.23. The monoisotopic (exact) mass is 464 g/mol. The Bertz CT molecular complexity index is 1210. The van der Waals surface area contributed by atoms with Crippen LogP contribution in [0, 0.1) is 6.92 Å². The summed E-state index contributed by atoms with van der Waals surface area (Å²) in [6.07, 6.45) is 1.66. The molecule has 2 heterocycles. The van der Waals surface area contributed by atoms with E-state index in [4.69, 9.17) is 9.47 Å². The fourth-order valence-corrected chi connectivity index (χ4v) is 4.47. The van der Waals surface area contributed by atoms with Crippen molar-refractivity contribution in [2.45, 2.75) is 13.8 Å². The normalized spacial score (nSPS) is 10.6. The van der Waals surface area contributed by atoms with Crippen molar-refractivity contribution in [1.82, 2.24) is 4.98 Å². The predicted molar refractivity (Wildman–Crippen MR) is 127 cm³/mol. The molecule has 0 unspecified atom stereocenters. The quantitative estimate of drug-likeness (QED) is 0.320. The Labute approximate surface area is 193 Å². The third-order valence-corrected chi connectivity index (χ3v) is 6.14. The van der Waals surface area contributed by atoms with Gasteiger partial charge in [0.25, 0.3) is 11.1 Å². The van der Waals surface area contributed by atoms with Crippen LogP contribution in [0.2, 0.25) is 0 Å². The minimum Gasteiger partial charge on any atom is -0.462 e. The highest BCUT2D eigenvalue weighted by molar-refractivity contribution is 7.15. The first-order valence-corrected chi connectivity index (χ1v) is 11.7. The Kier molecular flexibility index (Phi) is 6.63. The molecule has 0 aliphatic rings. The molecule has 1 amide bonds. The topological polar surface area (TPSA) is 77.5 Å². The molecular formula is C24H20N2O4S2. The van der Waals surface area contributed by atoms with Crippen LogP contribution in [0.5, 0.6) is 10.9 Å². The summed E-state index contributed by atoms with van der Waals surface area (Å²) in [5.74, 6) is -0.207. The van der Waals surface area contributed by atoms with Gasteiger partial charge in [-0.2, -0.15) is 0 Å². The summed E-state index contributed by atoms with van der Waals surface area (Å²) in [4.78, 5) is 29.6. The summed E-state index contributed by atoms with van der Waals surface area (Å²) in [5, 5.41) is 7.52. The lowest BCUT2D eigenvalue weighted by Crippen LogP contribution is -2.14. The average molecular weight is 465 g/mol. The highest BCUT2D eigenvalue weighted by atomic mass is 32.1. The number of nitrogens with one attached hydrogen (secondary N) is 1.